The molecule has 0 unspecified atom stereocenters. The smallest absolute Gasteiger partial charge is 0.444 e. The molecule has 0 aliphatic carbocycles. The Kier molecular flexibility index (Phi) is 18.0. The number of benzene rings is 2. The third-order valence-electron chi connectivity index (χ3n) is 14.7. The van der Waals surface area contributed by atoms with E-state index in [1.165, 1.54) is 12.7 Å². The number of amides is 4. The molecule has 0 saturated carbocycles. The highest BCUT2D eigenvalue weighted by Gasteiger charge is 2.51. The number of nitrogens with zero attached hydrogens (tertiary/aromatic N) is 12. The number of pyridine rings is 2. The monoisotopic (exact) mass is 1280 g/mol. The van der Waals surface area contributed by atoms with E-state index in [2.05, 4.69) is 68.2 Å². The number of carbonyl (C=O) groups excluding carboxylic acids is 4. The van der Waals surface area contributed by atoms with Gasteiger partial charge in [-0.3, -0.25) is 9.59 Å². The van der Waals surface area contributed by atoms with Crippen LogP contribution in [0, 0.1) is 17.5 Å². The van der Waals surface area contributed by atoms with Crippen LogP contribution in [-0.2, 0) is 18.8 Å². The summed E-state index contributed by atoms with van der Waals surface area (Å²) < 4.78 is 27.4. The van der Waals surface area contributed by atoms with Crippen LogP contribution in [0.5, 0.6) is 0 Å². The van der Waals surface area contributed by atoms with Crippen LogP contribution in [0.3, 0.4) is 0 Å². The van der Waals surface area contributed by atoms with Crippen molar-refractivity contribution in [1.29, 1.82) is 0 Å². The van der Waals surface area contributed by atoms with Crippen LogP contribution in [0.25, 0.3) is 33.3 Å². The van der Waals surface area contributed by atoms with E-state index in [1.54, 1.807) is 52.5 Å². The molecule has 2 aromatic carbocycles. The average molecular weight is 1280 g/mol. The maximum atomic E-state index is 12.7. The molecule has 3 saturated heterocycles. The number of hydrogen-bond donors (Lipinski definition) is 4. The number of hydrogen-bond acceptors (Lipinski definition) is 18. The van der Waals surface area contributed by atoms with Crippen LogP contribution in [0.4, 0.5) is 32.9 Å². The molecule has 3 aliphatic rings. The number of rotatable bonds is 8. The summed E-state index contributed by atoms with van der Waals surface area (Å²) >= 11 is 2.13. The predicted octanol–water partition coefficient (Wildman–Crippen LogP) is 9.35. The first-order chi connectivity index (χ1) is 40.5. The first-order valence-corrected chi connectivity index (χ1v) is 29.2. The summed E-state index contributed by atoms with van der Waals surface area (Å²) in [5.74, 6) is 1.31. The van der Waals surface area contributed by atoms with Crippen molar-refractivity contribution >= 4 is 105 Å². The van der Waals surface area contributed by atoms with Gasteiger partial charge in [0.25, 0.3) is 11.8 Å². The lowest BCUT2D eigenvalue weighted by molar-refractivity contribution is 0.00578. The molecule has 86 heavy (non-hydrogen) atoms. The number of aryl methyl sites for hydroxylation is 2. The second-order valence-corrected chi connectivity index (χ2v) is 25.3. The molecule has 8 aromatic rings. The zero-order valence-corrected chi connectivity index (χ0v) is 52.5. The lowest BCUT2D eigenvalue weighted by Gasteiger charge is -2.32. The number of anilines is 4. The number of carbonyl (C=O) groups is 4. The Hall–Kier alpha value is -8.37. The summed E-state index contributed by atoms with van der Waals surface area (Å²) in [7, 11) is -0.430. The molecule has 6 aromatic heterocycles. The van der Waals surface area contributed by atoms with Gasteiger partial charge in [0.1, 0.15) is 56.5 Å². The molecule has 4 amide bonds. The number of aromatic nitrogens is 10. The fourth-order valence-corrected chi connectivity index (χ4v) is 10.4. The van der Waals surface area contributed by atoms with Gasteiger partial charge in [0.15, 0.2) is 11.3 Å². The number of nitrogens with one attached hydrogen (secondary N) is 2. The van der Waals surface area contributed by atoms with Crippen LogP contribution in [-0.4, -0.2) is 139 Å². The van der Waals surface area contributed by atoms with Gasteiger partial charge < -0.3 is 50.7 Å². The lowest BCUT2D eigenvalue weighted by Crippen LogP contribution is -2.41. The normalized spacial score (nSPS) is 17.2. The van der Waals surface area contributed by atoms with Crippen LogP contribution in [0.1, 0.15) is 126 Å². The van der Waals surface area contributed by atoms with Gasteiger partial charge in [0.05, 0.1) is 34.1 Å². The zero-order chi connectivity index (χ0) is 62.0. The van der Waals surface area contributed by atoms with Crippen molar-refractivity contribution < 1.29 is 38.0 Å². The third kappa shape index (κ3) is 14.5. The first-order valence-electron chi connectivity index (χ1n) is 28.2. The van der Waals surface area contributed by atoms with Crippen molar-refractivity contribution in [2.45, 2.75) is 130 Å². The quantitative estimate of drug-likeness (QED) is 0.0813. The Morgan fingerprint density at radius 1 is 0.616 bits per heavy atom. The molecule has 3 fully saturated rings. The molecular formula is C60H72BIN16O8. The topological polar surface area (TPSA) is 301 Å². The molecule has 9 heterocycles. The van der Waals surface area contributed by atoms with Gasteiger partial charge in [-0.15, -0.1) is 0 Å². The van der Waals surface area contributed by atoms with Crippen LogP contribution >= 0.6 is 22.6 Å². The molecule has 0 spiro atoms. The van der Waals surface area contributed by atoms with Crippen molar-refractivity contribution in [3.05, 3.63) is 124 Å². The Morgan fingerprint density at radius 2 is 1.05 bits per heavy atom. The standard InChI is InChI=1S/C27H30N8O3.C19H23BN2O3.C14H19IN6O2/c1-16-9-11-29-20(13-16)32-25(36)18-7-5-17(6-8-18)22-21-23(28)30-15-31-24(21)35(33-22)19-10-12-34(14-19)26(37)38-27(2,3)4;1-13-10-11-21-16(12-13)22-17(23)14-6-8-15(9-7-14)20-24-18(2,3)19(4,5)25-20;1-14(2,3)23-13(22)20-5-4-8(6-20)21-12-9(10(15)19-21)11(16)17-7-18-12/h5-9,11,13,15,19H,10,12,14H2,1-4H3,(H2,28,30,31)(H,29,32,36);6-12H,1-5H3,(H,21,22,23);7-8H,4-6H2,1-3H3,(H2,16,17,18)/t19-;;8-/m1.1/s1. The Balaban J connectivity index is 0.000000161. The highest BCUT2D eigenvalue weighted by atomic mass is 127. The number of nitrogens with two attached hydrogens (primary N) is 2. The third-order valence-corrected chi connectivity index (χ3v) is 15.5. The van der Waals surface area contributed by atoms with Gasteiger partial charge >= 0.3 is 19.3 Å². The van der Waals surface area contributed by atoms with Crippen molar-refractivity contribution in [3.8, 4) is 11.3 Å². The zero-order valence-electron chi connectivity index (χ0n) is 50.4. The number of ether oxygens (including phenoxy) is 2. The molecule has 0 bridgehead atoms. The van der Waals surface area contributed by atoms with Gasteiger partial charge in [-0.2, -0.15) is 10.2 Å². The summed E-state index contributed by atoms with van der Waals surface area (Å²) in [4.78, 5) is 78.6. The van der Waals surface area contributed by atoms with Gasteiger partial charge in [-0.05, 0) is 184 Å². The summed E-state index contributed by atoms with van der Waals surface area (Å²) in [6.07, 6.45) is 7.03. The maximum absolute atomic E-state index is 12.7. The van der Waals surface area contributed by atoms with Crippen molar-refractivity contribution in [1.82, 2.24) is 59.3 Å². The number of halogens is 1. The van der Waals surface area contributed by atoms with Crippen LogP contribution in [0.2, 0.25) is 0 Å². The van der Waals surface area contributed by atoms with Gasteiger partial charge in [0, 0.05) is 55.3 Å². The molecule has 11 rings (SSSR count). The second kappa shape index (κ2) is 24.9. The fraction of sp³-hybridized carbons (Fsp3) is 0.400. The van der Waals surface area contributed by atoms with Crippen molar-refractivity contribution in [2.24, 2.45) is 0 Å². The van der Waals surface area contributed by atoms with Gasteiger partial charge in [0.2, 0.25) is 0 Å². The molecule has 2 atom stereocenters. The van der Waals surface area contributed by atoms with Gasteiger partial charge in [-0.25, -0.2) is 48.9 Å². The Morgan fingerprint density at radius 3 is 1.50 bits per heavy atom. The minimum Gasteiger partial charge on any atom is -0.444 e. The summed E-state index contributed by atoms with van der Waals surface area (Å²) in [5, 5.41) is 16.4. The number of fused-ring (bicyclic) bond motifs is 2. The van der Waals surface area contributed by atoms with E-state index in [0.29, 0.717) is 89.4 Å². The molecular weight excluding hydrogens is 1210 g/mol. The number of likely N-dealkylation sites (tertiary alicyclic amines) is 2. The molecule has 24 nitrogen and oxygen atoms in total. The summed E-state index contributed by atoms with van der Waals surface area (Å²) in [5.41, 5.74) is 17.0. The largest absolute Gasteiger partial charge is 0.494 e. The highest BCUT2D eigenvalue weighted by molar-refractivity contribution is 14.1. The molecule has 3 aliphatic heterocycles. The minimum absolute atomic E-state index is 0.0582. The Labute approximate surface area is 512 Å². The Bertz CT molecular complexity index is 3790. The van der Waals surface area contributed by atoms with Crippen LogP contribution in [0.15, 0.2) is 97.8 Å². The van der Waals surface area contributed by atoms with E-state index in [9.17, 15) is 19.2 Å². The fourth-order valence-electron chi connectivity index (χ4n) is 9.66. The van der Waals surface area contributed by atoms with E-state index in [1.807, 2.05) is 135 Å². The first kappa shape index (κ1) is 62.2. The maximum Gasteiger partial charge on any atom is 0.494 e. The van der Waals surface area contributed by atoms with E-state index in [-0.39, 0.29) is 47.3 Å². The average Bonchev–Trinajstić information content (AvgIpc) is 1.89. The predicted molar refractivity (Wildman–Crippen MR) is 337 cm³/mol. The highest BCUT2D eigenvalue weighted by Crippen LogP contribution is 2.38. The number of nitrogen functional groups attached to an aromatic ring is 2. The van der Waals surface area contributed by atoms with E-state index >= 15 is 0 Å². The second-order valence-electron chi connectivity index (χ2n) is 24.3. The molecule has 6 N–H and O–H groups in total. The SMILES string of the molecule is CC(C)(C)OC(=O)N1CC[C@@H](n2nc(I)c3c(N)ncnc32)C1.Cc1ccnc(NC(=O)c2ccc(-c3nn([C@@H]4CCN(C(=O)OC(C)(C)C)C4)c4ncnc(N)c34)cc2)c1.Cc1ccnc(NC(=O)c2ccc(B3OC(C)(C)C(C)(C)O3)cc2)c1. The van der Waals surface area contributed by atoms with Crippen molar-refractivity contribution in [2.75, 3.05) is 48.3 Å². The summed E-state index contributed by atoms with van der Waals surface area (Å²) in [6, 6.07) is 21.7. The molecule has 26 heteroatoms. The van der Waals surface area contributed by atoms with E-state index in [0.717, 1.165) is 37.7 Å². The van der Waals surface area contributed by atoms with E-state index in [4.69, 9.17) is 35.3 Å². The summed E-state index contributed by atoms with van der Waals surface area (Å²) in [6.45, 7) is 25.3. The van der Waals surface area contributed by atoms with Crippen molar-refractivity contribution in [3.63, 3.8) is 0 Å². The lowest BCUT2D eigenvalue weighted by atomic mass is 9.79. The molecule has 450 valence electrons. The van der Waals surface area contributed by atoms with Crippen LogP contribution < -0.4 is 27.6 Å². The van der Waals surface area contributed by atoms with Gasteiger partial charge in [-0.1, -0.05) is 24.3 Å². The molecule has 0 radical (unpaired) electrons. The minimum atomic E-state index is -0.567. The van der Waals surface area contributed by atoms with E-state index < -0.39 is 18.3 Å².